The molecular formula is C24H33Br. The molecular weight excluding hydrogens is 368 g/mol. The summed E-state index contributed by atoms with van der Waals surface area (Å²) in [5.74, 6) is 0. The molecule has 0 spiro atoms. The van der Waals surface area contributed by atoms with E-state index in [0.717, 1.165) is 4.47 Å². The van der Waals surface area contributed by atoms with Crippen LogP contribution < -0.4 is 0 Å². The maximum absolute atomic E-state index is 3.49. The third-order valence-corrected chi connectivity index (χ3v) is 5.48. The molecule has 136 valence electrons. The van der Waals surface area contributed by atoms with Crippen LogP contribution in [0.3, 0.4) is 0 Å². The summed E-state index contributed by atoms with van der Waals surface area (Å²) < 4.78 is 1.13. The minimum atomic E-state index is 1.13. The molecule has 0 N–H and O–H groups in total. The van der Waals surface area contributed by atoms with Gasteiger partial charge in [0.25, 0.3) is 0 Å². The van der Waals surface area contributed by atoms with Crippen molar-refractivity contribution in [3.63, 3.8) is 0 Å². The van der Waals surface area contributed by atoms with E-state index in [1.807, 2.05) is 0 Å². The first-order valence-corrected chi connectivity index (χ1v) is 10.9. The molecule has 2 aromatic rings. The molecule has 0 saturated heterocycles. The van der Waals surface area contributed by atoms with Gasteiger partial charge < -0.3 is 0 Å². The van der Waals surface area contributed by atoms with Crippen molar-refractivity contribution in [2.24, 2.45) is 0 Å². The summed E-state index contributed by atoms with van der Waals surface area (Å²) in [5.41, 5.74) is 4.06. The second-order valence-electron chi connectivity index (χ2n) is 7.14. The quantitative estimate of drug-likeness (QED) is 0.312. The molecule has 0 saturated carbocycles. The highest BCUT2D eigenvalue weighted by molar-refractivity contribution is 9.10. The Hall–Kier alpha value is -1.08. The Kier molecular flexibility index (Phi) is 9.96. The first-order valence-electron chi connectivity index (χ1n) is 10.1. The maximum atomic E-state index is 3.49. The van der Waals surface area contributed by atoms with Crippen LogP contribution in [-0.2, 0) is 6.42 Å². The van der Waals surface area contributed by atoms with Gasteiger partial charge in [0, 0.05) is 4.47 Å². The van der Waals surface area contributed by atoms with E-state index in [1.54, 1.807) is 0 Å². The van der Waals surface area contributed by atoms with Crippen molar-refractivity contribution >= 4 is 15.9 Å². The van der Waals surface area contributed by atoms with Gasteiger partial charge in [-0.2, -0.15) is 0 Å². The summed E-state index contributed by atoms with van der Waals surface area (Å²) in [6, 6.07) is 17.7. The third kappa shape index (κ3) is 8.23. The minimum Gasteiger partial charge on any atom is -0.0654 e. The van der Waals surface area contributed by atoms with E-state index in [1.165, 1.54) is 87.3 Å². The summed E-state index contributed by atoms with van der Waals surface area (Å²) in [6.45, 7) is 2.29. The number of hydrogen-bond donors (Lipinski definition) is 0. The molecule has 0 fully saturated rings. The molecule has 25 heavy (non-hydrogen) atoms. The highest BCUT2D eigenvalue weighted by atomic mass is 79.9. The van der Waals surface area contributed by atoms with Gasteiger partial charge in [0.2, 0.25) is 0 Å². The Balaban J connectivity index is 1.58. The predicted molar refractivity (Wildman–Crippen MR) is 115 cm³/mol. The lowest BCUT2D eigenvalue weighted by atomic mass is 10.0. The molecule has 0 amide bonds. The van der Waals surface area contributed by atoms with Crippen LogP contribution in [0.5, 0.6) is 0 Å². The number of aryl methyl sites for hydroxylation is 1. The first-order chi connectivity index (χ1) is 12.3. The van der Waals surface area contributed by atoms with Gasteiger partial charge in [0.15, 0.2) is 0 Å². The summed E-state index contributed by atoms with van der Waals surface area (Å²) in [6.07, 6.45) is 15.3. The van der Waals surface area contributed by atoms with Crippen LogP contribution in [0.4, 0.5) is 0 Å². The normalized spacial score (nSPS) is 11.0. The number of rotatable bonds is 12. The fourth-order valence-corrected chi connectivity index (χ4v) is 3.59. The van der Waals surface area contributed by atoms with E-state index in [-0.39, 0.29) is 0 Å². The van der Waals surface area contributed by atoms with E-state index >= 15 is 0 Å². The van der Waals surface area contributed by atoms with Gasteiger partial charge in [-0.15, -0.1) is 0 Å². The Bertz CT molecular complexity index is 568. The molecule has 0 aliphatic heterocycles. The van der Waals surface area contributed by atoms with E-state index in [0.29, 0.717) is 0 Å². The van der Waals surface area contributed by atoms with Crippen LogP contribution in [0.15, 0.2) is 53.0 Å². The van der Waals surface area contributed by atoms with Crippen molar-refractivity contribution in [1.29, 1.82) is 0 Å². The second-order valence-corrected chi connectivity index (χ2v) is 8.05. The molecule has 0 unspecified atom stereocenters. The van der Waals surface area contributed by atoms with Crippen LogP contribution in [0, 0.1) is 0 Å². The second kappa shape index (κ2) is 12.3. The van der Waals surface area contributed by atoms with Crippen molar-refractivity contribution in [2.75, 3.05) is 0 Å². The Morgan fingerprint density at radius 1 is 0.560 bits per heavy atom. The molecule has 1 heteroatoms. The Labute approximate surface area is 163 Å². The topological polar surface area (TPSA) is 0 Å². The van der Waals surface area contributed by atoms with Crippen molar-refractivity contribution in [3.8, 4) is 11.1 Å². The lowest BCUT2D eigenvalue weighted by Crippen LogP contribution is -1.87. The zero-order valence-corrected chi connectivity index (χ0v) is 17.4. The summed E-state index contributed by atoms with van der Waals surface area (Å²) in [4.78, 5) is 0. The van der Waals surface area contributed by atoms with Crippen LogP contribution in [-0.4, -0.2) is 0 Å². The number of unbranched alkanes of at least 4 members (excludes halogenated alkanes) is 9. The van der Waals surface area contributed by atoms with Crippen molar-refractivity contribution in [1.82, 2.24) is 0 Å². The molecule has 0 aliphatic carbocycles. The molecule has 2 rings (SSSR count). The number of benzene rings is 2. The average Bonchev–Trinajstić information content (AvgIpc) is 2.64. The zero-order chi connectivity index (χ0) is 17.7. The molecule has 0 aromatic heterocycles. The van der Waals surface area contributed by atoms with Gasteiger partial charge in [-0.25, -0.2) is 0 Å². The Morgan fingerprint density at radius 2 is 1.00 bits per heavy atom. The van der Waals surface area contributed by atoms with E-state index in [2.05, 4.69) is 71.4 Å². The Morgan fingerprint density at radius 3 is 1.52 bits per heavy atom. The highest BCUT2D eigenvalue weighted by Crippen LogP contribution is 2.22. The molecule has 0 heterocycles. The van der Waals surface area contributed by atoms with Crippen LogP contribution in [0.25, 0.3) is 11.1 Å². The monoisotopic (exact) mass is 400 g/mol. The van der Waals surface area contributed by atoms with Crippen molar-refractivity contribution in [3.05, 3.63) is 58.6 Å². The van der Waals surface area contributed by atoms with Crippen molar-refractivity contribution in [2.45, 2.75) is 77.6 Å². The molecule has 0 atom stereocenters. The molecule has 0 bridgehead atoms. The smallest absolute Gasteiger partial charge is 0.0175 e. The molecule has 2 aromatic carbocycles. The predicted octanol–water partition coefficient (Wildman–Crippen LogP) is 8.58. The minimum absolute atomic E-state index is 1.13. The van der Waals surface area contributed by atoms with E-state index < -0.39 is 0 Å². The third-order valence-electron chi connectivity index (χ3n) is 4.95. The summed E-state index contributed by atoms with van der Waals surface area (Å²) in [7, 11) is 0. The largest absolute Gasteiger partial charge is 0.0654 e. The van der Waals surface area contributed by atoms with Gasteiger partial charge >= 0.3 is 0 Å². The fraction of sp³-hybridized carbons (Fsp3) is 0.500. The van der Waals surface area contributed by atoms with Gasteiger partial charge in [0.05, 0.1) is 0 Å². The van der Waals surface area contributed by atoms with Crippen LogP contribution >= 0.6 is 15.9 Å². The van der Waals surface area contributed by atoms with Crippen molar-refractivity contribution < 1.29 is 0 Å². The van der Waals surface area contributed by atoms with Crippen LogP contribution in [0.1, 0.15) is 76.7 Å². The summed E-state index contributed by atoms with van der Waals surface area (Å²) >= 11 is 3.49. The standard InChI is InChI=1S/C24H33Br/c1-2-3-4-5-6-7-8-9-10-11-12-21-13-15-22(16-14-21)23-17-19-24(25)20-18-23/h13-20H,2-12H2,1H3. The van der Waals surface area contributed by atoms with Gasteiger partial charge in [-0.05, 0) is 41.7 Å². The number of halogens is 1. The SMILES string of the molecule is CCCCCCCCCCCCc1ccc(-c2ccc(Br)cc2)cc1. The molecule has 0 radical (unpaired) electrons. The van der Waals surface area contributed by atoms with E-state index in [4.69, 9.17) is 0 Å². The highest BCUT2D eigenvalue weighted by Gasteiger charge is 1.99. The average molecular weight is 401 g/mol. The summed E-state index contributed by atoms with van der Waals surface area (Å²) in [5, 5.41) is 0. The zero-order valence-electron chi connectivity index (χ0n) is 15.8. The first kappa shape index (κ1) is 20.2. The maximum Gasteiger partial charge on any atom is 0.0175 e. The van der Waals surface area contributed by atoms with Gasteiger partial charge in [-0.1, -0.05) is 117 Å². The van der Waals surface area contributed by atoms with E-state index in [9.17, 15) is 0 Å². The number of hydrogen-bond acceptors (Lipinski definition) is 0. The van der Waals surface area contributed by atoms with Gasteiger partial charge in [0.1, 0.15) is 0 Å². The lowest BCUT2D eigenvalue weighted by Gasteiger charge is -2.06. The fourth-order valence-electron chi connectivity index (χ4n) is 3.32. The molecule has 0 aliphatic rings. The van der Waals surface area contributed by atoms with Gasteiger partial charge in [-0.3, -0.25) is 0 Å². The molecule has 0 nitrogen and oxygen atoms in total. The lowest BCUT2D eigenvalue weighted by molar-refractivity contribution is 0.556. The van der Waals surface area contributed by atoms with Crippen LogP contribution in [0.2, 0.25) is 0 Å².